The second kappa shape index (κ2) is 7.27. The molecular formula is C19H21N3O2. The fourth-order valence-corrected chi connectivity index (χ4v) is 3.12. The molecule has 0 aliphatic carbocycles. The molecule has 0 bridgehead atoms. The highest BCUT2D eigenvalue weighted by Crippen LogP contribution is 2.27. The molecule has 1 saturated heterocycles. The summed E-state index contributed by atoms with van der Waals surface area (Å²) in [7, 11) is 0. The lowest BCUT2D eigenvalue weighted by molar-refractivity contribution is -0.121. The first-order chi connectivity index (χ1) is 11.6. The highest BCUT2D eigenvalue weighted by molar-refractivity contribution is 5.92. The molecule has 1 fully saturated rings. The van der Waals surface area contributed by atoms with Crippen molar-refractivity contribution in [1.82, 2.24) is 10.2 Å². The molecule has 5 heteroatoms. The van der Waals surface area contributed by atoms with Gasteiger partial charge in [0.25, 0.3) is 0 Å². The summed E-state index contributed by atoms with van der Waals surface area (Å²) in [6.07, 6.45) is 0.430. The van der Waals surface area contributed by atoms with Crippen LogP contribution in [-0.4, -0.2) is 29.8 Å². The van der Waals surface area contributed by atoms with Gasteiger partial charge < -0.3 is 11.1 Å². The van der Waals surface area contributed by atoms with Crippen LogP contribution >= 0.6 is 0 Å². The molecule has 1 heterocycles. The fourth-order valence-electron chi connectivity index (χ4n) is 3.12. The number of nitrogens with zero attached hydrogens (tertiary/aromatic N) is 1. The zero-order valence-electron chi connectivity index (χ0n) is 13.4. The number of carbonyl (C=O) groups excluding carboxylic acids is 2. The van der Waals surface area contributed by atoms with Crippen LogP contribution in [0.1, 0.15) is 33.9 Å². The molecule has 1 aliphatic heterocycles. The average molecular weight is 323 g/mol. The van der Waals surface area contributed by atoms with Crippen molar-refractivity contribution in [3.05, 3.63) is 71.3 Å². The molecule has 124 valence electrons. The first kappa shape index (κ1) is 16.2. The third-order valence-electron chi connectivity index (χ3n) is 4.32. The van der Waals surface area contributed by atoms with E-state index < -0.39 is 5.91 Å². The van der Waals surface area contributed by atoms with E-state index in [4.69, 9.17) is 5.73 Å². The van der Waals surface area contributed by atoms with Crippen LogP contribution in [0.4, 0.5) is 0 Å². The lowest BCUT2D eigenvalue weighted by Crippen LogP contribution is -2.30. The Morgan fingerprint density at radius 3 is 2.71 bits per heavy atom. The molecule has 3 N–H and O–H groups in total. The minimum absolute atomic E-state index is 0.0194. The zero-order valence-corrected chi connectivity index (χ0v) is 13.4. The van der Waals surface area contributed by atoms with E-state index in [2.05, 4.69) is 22.3 Å². The summed E-state index contributed by atoms with van der Waals surface area (Å²) in [5, 5.41) is 2.93. The summed E-state index contributed by atoms with van der Waals surface area (Å²) < 4.78 is 0. The first-order valence-corrected chi connectivity index (χ1v) is 8.08. The second-order valence-corrected chi connectivity index (χ2v) is 6.02. The summed E-state index contributed by atoms with van der Waals surface area (Å²) in [4.78, 5) is 25.7. The van der Waals surface area contributed by atoms with E-state index in [1.54, 1.807) is 6.07 Å². The van der Waals surface area contributed by atoms with Crippen LogP contribution < -0.4 is 11.1 Å². The van der Waals surface area contributed by atoms with Gasteiger partial charge in [-0.05, 0) is 23.3 Å². The van der Waals surface area contributed by atoms with E-state index in [1.807, 2.05) is 36.4 Å². The normalized spacial score (nSPS) is 18.7. The second-order valence-electron chi connectivity index (χ2n) is 6.02. The summed E-state index contributed by atoms with van der Waals surface area (Å²) >= 11 is 0. The smallest absolute Gasteiger partial charge is 0.248 e. The summed E-state index contributed by atoms with van der Waals surface area (Å²) in [6, 6.07) is 17.4. The van der Waals surface area contributed by atoms with Gasteiger partial charge >= 0.3 is 0 Å². The van der Waals surface area contributed by atoms with E-state index >= 15 is 0 Å². The molecular weight excluding hydrogens is 302 g/mol. The van der Waals surface area contributed by atoms with Crippen molar-refractivity contribution < 1.29 is 9.59 Å². The molecule has 2 amide bonds. The van der Waals surface area contributed by atoms with Gasteiger partial charge in [0.1, 0.15) is 0 Å². The molecule has 24 heavy (non-hydrogen) atoms. The number of benzene rings is 2. The topological polar surface area (TPSA) is 75.4 Å². The standard InChI is InChI=1S/C19H21N3O2/c20-19(24)16-8-4-5-14(11-16)13-22-10-9-21-18(23)12-17(22)15-6-2-1-3-7-15/h1-8,11,17H,9-10,12-13H2,(H2,20,24)(H,21,23)/t17-/m1/s1. The Balaban J connectivity index is 1.86. The van der Waals surface area contributed by atoms with E-state index in [0.29, 0.717) is 25.1 Å². The quantitative estimate of drug-likeness (QED) is 0.901. The van der Waals surface area contributed by atoms with Gasteiger partial charge in [-0.1, -0.05) is 42.5 Å². The van der Waals surface area contributed by atoms with Crippen LogP contribution in [0.15, 0.2) is 54.6 Å². The summed E-state index contributed by atoms with van der Waals surface area (Å²) in [6.45, 7) is 2.04. The Labute approximate surface area is 141 Å². The lowest BCUT2D eigenvalue weighted by atomic mass is 10.0. The SMILES string of the molecule is NC(=O)c1cccc(CN2CCNC(=O)C[C@@H]2c2ccccc2)c1. The van der Waals surface area contributed by atoms with E-state index in [-0.39, 0.29) is 11.9 Å². The van der Waals surface area contributed by atoms with Crippen LogP contribution in [-0.2, 0) is 11.3 Å². The van der Waals surface area contributed by atoms with Gasteiger partial charge in [-0.2, -0.15) is 0 Å². The fraction of sp³-hybridized carbons (Fsp3) is 0.263. The highest BCUT2D eigenvalue weighted by Gasteiger charge is 2.26. The van der Waals surface area contributed by atoms with Gasteiger partial charge in [0.05, 0.1) is 0 Å². The maximum atomic E-state index is 12.0. The van der Waals surface area contributed by atoms with Crippen LogP contribution in [0.5, 0.6) is 0 Å². The van der Waals surface area contributed by atoms with Crippen LogP contribution in [0.25, 0.3) is 0 Å². The Morgan fingerprint density at radius 2 is 1.96 bits per heavy atom. The molecule has 0 saturated carbocycles. The van der Waals surface area contributed by atoms with Crippen molar-refractivity contribution in [2.75, 3.05) is 13.1 Å². The maximum Gasteiger partial charge on any atom is 0.248 e. The van der Waals surface area contributed by atoms with Gasteiger partial charge in [-0.3, -0.25) is 14.5 Å². The predicted octanol–water partition coefficient (Wildman–Crippen LogP) is 1.85. The predicted molar refractivity (Wildman–Crippen MR) is 92.2 cm³/mol. The summed E-state index contributed by atoms with van der Waals surface area (Å²) in [5.74, 6) is -0.360. The summed E-state index contributed by atoms with van der Waals surface area (Å²) in [5.41, 5.74) is 8.02. The van der Waals surface area contributed by atoms with Crippen molar-refractivity contribution >= 4 is 11.8 Å². The minimum Gasteiger partial charge on any atom is -0.366 e. The number of amides is 2. The van der Waals surface area contributed by atoms with Crippen molar-refractivity contribution in [2.24, 2.45) is 5.73 Å². The van der Waals surface area contributed by atoms with E-state index in [0.717, 1.165) is 17.7 Å². The van der Waals surface area contributed by atoms with Crippen LogP contribution in [0.2, 0.25) is 0 Å². The molecule has 5 nitrogen and oxygen atoms in total. The largest absolute Gasteiger partial charge is 0.366 e. The third-order valence-corrected chi connectivity index (χ3v) is 4.32. The van der Waals surface area contributed by atoms with Crippen LogP contribution in [0.3, 0.4) is 0 Å². The Morgan fingerprint density at radius 1 is 1.17 bits per heavy atom. The Hall–Kier alpha value is -2.66. The zero-order chi connectivity index (χ0) is 16.9. The van der Waals surface area contributed by atoms with E-state index in [9.17, 15) is 9.59 Å². The number of hydrogen-bond donors (Lipinski definition) is 2. The van der Waals surface area contributed by atoms with Gasteiger partial charge in [0, 0.05) is 37.7 Å². The molecule has 0 spiro atoms. The van der Waals surface area contributed by atoms with Gasteiger partial charge in [0.2, 0.25) is 11.8 Å². The number of nitrogens with one attached hydrogen (secondary N) is 1. The highest BCUT2D eigenvalue weighted by atomic mass is 16.2. The van der Waals surface area contributed by atoms with Crippen molar-refractivity contribution in [3.63, 3.8) is 0 Å². The van der Waals surface area contributed by atoms with Crippen molar-refractivity contribution in [3.8, 4) is 0 Å². The molecule has 3 rings (SSSR count). The van der Waals surface area contributed by atoms with E-state index in [1.165, 1.54) is 0 Å². The number of rotatable bonds is 4. The molecule has 0 unspecified atom stereocenters. The molecule has 0 radical (unpaired) electrons. The van der Waals surface area contributed by atoms with Gasteiger partial charge in [-0.15, -0.1) is 0 Å². The number of nitrogens with two attached hydrogens (primary N) is 1. The molecule has 1 aliphatic rings. The number of primary amides is 1. The third kappa shape index (κ3) is 3.81. The first-order valence-electron chi connectivity index (χ1n) is 8.08. The molecule has 0 aromatic heterocycles. The Bertz CT molecular complexity index is 730. The minimum atomic E-state index is -0.427. The van der Waals surface area contributed by atoms with Crippen molar-refractivity contribution in [1.29, 1.82) is 0 Å². The molecule has 2 aromatic carbocycles. The van der Waals surface area contributed by atoms with Crippen LogP contribution in [0, 0.1) is 0 Å². The monoisotopic (exact) mass is 323 g/mol. The lowest BCUT2D eigenvalue weighted by Gasteiger charge is -2.29. The average Bonchev–Trinajstić information content (AvgIpc) is 2.77. The Kier molecular flexibility index (Phi) is 4.91. The van der Waals surface area contributed by atoms with Gasteiger partial charge in [0.15, 0.2) is 0 Å². The maximum absolute atomic E-state index is 12.0. The van der Waals surface area contributed by atoms with Gasteiger partial charge in [-0.25, -0.2) is 0 Å². The molecule has 2 aromatic rings. The number of hydrogen-bond acceptors (Lipinski definition) is 3. The molecule has 1 atom stereocenters. The van der Waals surface area contributed by atoms with Crippen molar-refractivity contribution in [2.45, 2.75) is 19.0 Å². The number of carbonyl (C=O) groups is 2.